The van der Waals surface area contributed by atoms with E-state index in [1.54, 1.807) is 10.7 Å². The Balaban J connectivity index is 1.56. The number of pyridine rings is 2. The highest BCUT2D eigenvalue weighted by atomic mass is 16.3. The summed E-state index contributed by atoms with van der Waals surface area (Å²) in [5.74, 6) is 0.171. The molecule has 0 saturated carbocycles. The van der Waals surface area contributed by atoms with E-state index in [4.69, 9.17) is 4.98 Å². The quantitative estimate of drug-likeness (QED) is 0.535. The van der Waals surface area contributed by atoms with E-state index in [2.05, 4.69) is 47.1 Å². The first-order valence-electron chi connectivity index (χ1n) is 10.3. The summed E-state index contributed by atoms with van der Waals surface area (Å²) in [5.41, 5.74) is 5.19. The van der Waals surface area contributed by atoms with Crippen molar-refractivity contribution in [2.75, 3.05) is 18.0 Å². The van der Waals surface area contributed by atoms with Crippen molar-refractivity contribution in [3.05, 3.63) is 42.2 Å². The predicted octanol–water partition coefficient (Wildman–Crippen LogP) is 3.38. The Morgan fingerprint density at radius 3 is 2.67 bits per heavy atom. The third-order valence-corrected chi connectivity index (χ3v) is 5.88. The van der Waals surface area contributed by atoms with Crippen LogP contribution in [-0.4, -0.2) is 50.0 Å². The van der Waals surface area contributed by atoms with Crippen molar-refractivity contribution < 1.29 is 5.11 Å². The third-order valence-electron chi connectivity index (χ3n) is 5.88. The molecular weight excluding hydrogens is 376 g/mol. The van der Waals surface area contributed by atoms with Gasteiger partial charge in [0.2, 0.25) is 0 Å². The number of aromatic nitrogens is 4. The largest absolute Gasteiger partial charge is 0.507 e. The first-order chi connectivity index (χ1) is 14.4. The molecule has 1 aliphatic heterocycles. The maximum absolute atomic E-state index is 10.5. The fourth-order valence-corrected chi connectivity index (χ4v) is 4.58. The summed E-state index contributed by atoms with van der Waals surface area (Å²) < 4.78 is 1.74. The van der Waals surface area contributed by atoms with Crippen LogP contribution in [0.1, 0.15) is 19.4 Å². The maximum atomic E-state index is 10.5. The molecule has 0 aliphatic carbocycles. The molecule has 4 heterocycles. The van der Waals surface area contributed by atoms with Crippen LogP contribution in [0.2, 0.25) is 0 Å². The summed E-state index contributed by atoms with van der Waals surface area (Å²) >= 11 is 0. The Bertz CT molecular complexity index is 1250. The van der Waals surface area contributed by atoms with Gasteiger partial charge < -0.3 is 15.3 Å². The molecule has 1 aliphatic rings. The van der Waals surface area contributed by atoms with E-state index in [0.717, 1.165) is 35.1 Å². The van der Waals surface area contributed by atoms with Crippen LogP contribution in [0.3, 0.4) is 0 Å². The minimum Gasteiger partial charge on any atom is -0.507 e. The Morgan fingerprint density at radius 2 is 1.90 bits per heavy atom. The molecule has 3 aromatic heterocycles. The lowest BCUT2D eigenvalue weighted by molar-refractivity contribution is 0.406. The average Bonchev–Trinajstić information content (AvgIpc) is 3.05. The zero-order chi connectivity index (χ0) is 21.0. The zero-order valence-corrected chi connectivity index (χ0v) is 17.7. The summed E-state index contributed by atoms with van der Waals surface area (Å²) in [6.07, 6.45) is 3.87. The number of nitrogens with one attached hydrogen (secondary N) is 1. The molecule has 1 saturated heterocycles. The smallest absolute Gasteiger partial charge is 0.160 e. The van der Waals surface area contributed by atoms with Gasteiger partial charge in [0.05, 0.1) is 23.1 Å². The number of aryl methyl sites for hydroxylation is 2. The van der Waals surface area contributed by atoms with Crippen LogP contribution in [0.15, 0.2) is 36.7 Å². The van der Waals surface area contributed by atoms with Gasteiger partial charge in [0.25, 0.3) is 0 Å². The van der Waals surface area contributed by atoms with Crippen LogP contribution >= 0.6 is 0 Å². The van der Waals surface area contributed by atoms with E-state index in [9.17, 15) is 5.11 Å². The highest BCUT2D eigenvalue weighted by Gasteiger charge is 2.23. The summed E-state index contributed by atoms with van der Waals surface area (Å²) in [5, 5.41) is 20.5. The van der Waals surface area contributed by atoms with E-state index in [-0.39, 0.29) is 5.75 Å². The second-order valence-corrected chi connectivity index (χ2v) is 8.44. The maximum Gasteiger partial charge on any atom is 0.160 e. The molecule has 0 bridgehead atoms. The SMILES string of the molecule is Cc1c(N2CC(C)NC(C)C2)cnc2nc(-c3cc4cn(C)nc4cc3O)ccc12. The van der Waals surface area contributed by atoms with Gasteiger partial charge in [-0.3, -0.25) is 4.68 Å². The van der Waals surface area contributed by atoms with E-state index in [1.165, 1.54) is 5.56 Å². The van der Waals surface area contributed by atoms with E-state index >= 15 is 0 Å². The second kappa shape index (κ2) is 6.95. The monoisotopic (exact) mass is 402 g/mol. The molecule has 1 fully saturated rings. The molecule has 0 spiro atoms. The van der Waals surface area contributed by atoms with Crippen LogP contribution in [0.4, 0.5) is 5.69 Å². The number of aromatic hydroxyl groups is 1. The number of rotatable bonds is 2. The Labute approximate surface area is 175 Å². The molecule has 4 aromatic rings. The molecule has 154 valence electrons. The molecule has 2 N–H and O–H groups in total. The van der Waals surface area contributed by atoms with Gasteiger partial charge in [0.1, 0.15) is 5.75 Å². The van der Waals surface area contributed by atoms with Crippen LogP contribution in [-0.2, 0) is 7.05 Å². The fourth-order valence-electron chi connectivity index (χ4n) is 4.58. The van der Waals surface area contributed by atoms with Crippen molar-refractivity contribution in [2.24, 2.45) is 7.05 Å². The molecule has 1 aromatic carbocycles. The number of hydrogen-bond acceptors (Lipinski definition) is 6. The molecule has 2 unspecified atom stereocenters. The van der Waals surface area contributed by atoms with E-state index in [1.807, 2.05) is 31.6 Å². The highest BCUT2D eigenvalue weighted by molar-refractivity contribution is 5.90. The van der Waals surface area contributed by atoms with Crippen LogP contribution < -0.4 is 10.2 Å². The summed E-state index contributed by atoms with van der Waals surface area (Å²) in [4.78, 5) is 11.9. The van der Waals surface area contributed by atoms with Crippen molar-refractivity contribution in [2.45, 2.75) is 32.9 Å². The van der Waals surface area contributed by atoms with Crippen LogP contribution in [0.25, 0.3) is 33.2 Å². The molecule has 0 amide bonds. The standard InChI is InChI=1S/C23H26N6O/c1-13-10-29(11-14(2)25-13)21-9-24-23-17(15(21)3)5-6-19(26-23)18-7-16-12-28(4)27-20(16)8-22(18)30/h5-9,12-14,25,30H,10-11H2,1-4H3. The van der Waals surface area contributed by atoms with Gasteiger partial charge in [-0.2, -0.15) is 5.10 Å². The van der Waals surface area contributed by atoms with E-state index in [0.29, 0.717) is 29.0 Å². The van der Waals surface area contributed by atoms with Crippen LogP contribution in [0, 0.1) is 6.92 Å². The van der Waals surface area contributed by atoms with Gasteiger partial charge in [-0.25, -0.2) is 9.97 Å². The van der Waals surface area contributed by atoms with Gasteiger partial charge in [0, 0.05) is 60.8 Å². The highest BCUT2D eigenvalue weighted by Crippen LogP contribution is 2.34. The molecule has 5 rings (SSSR count). The number of hydrogen-bond donors (Lipinski definition) is 2. The van der Waals surface area contributed by atoms with Gasteiger partial charge >= 0.3 is 0 Å². The minimum atomic E-state index is 0.171. The lowest BCUT2D eigenvalue weighted by atomic mass is 10.0. The molecule has 7 heteroatoms. The fraction of sp³-hybridized carbons (Fsp3) is 0.348. The topological polar surface area (TPSA) is 79.1 Å². The van der Waals surface area contributed by atoms with Crippen molar-refractivity contribution >= 4 is 27.6 Å². The number of benzene rings is 1. The van der Waals surface area contributed by atoms with Gasteiger partial charge in [-0.05, 0) is 44.5 Å². The first-order valence-corrected chi connectivity index (χ1v) is 10.3. The number of fused-ring (bicyclic) bond motifs is 2. The molecule has 7 nitrogen and oxygen atoms in total. The number of phenolic OH excluding ortho intramolecular Hbond substituents is 1. The summed E-state index contributed by atoms with van der Waals surface area (Å²) in [6.45, 7) is 8.49. The predicted molar refractivity (Wildman–Crippen MR) is 120 cm³/mol. The Hall–Kier alpha value is -3.19. The van der Waals surface area contributed by atoms with Crippen molar-refractivity contribution in [1.82, 2.24) is 25.1 Å². The second-order valence-electron chi connectivity index (χ2n) is 8.44. The van der Waals surface area contributed by atoms with Gasteiger partial charge in [0.15, 0.2) is 5.65 Å². The van der Waals surface area contributed by atoms with E-state index < -0.39 is 0 Å². The molecule has 0 radical (unpaired) electrons. The number of phenols is 1. The first kappa shape index (κ1) is 18.8. The van der Waals surface area contributed by atoms with Crippen LogP contribution in [0.5, 0.6) is 5.75 Å². The number of piperazine rings is 1. The average molecular weight is 403 g/mol. The minimum absolute atomic E-state index is 0.171. The van der Waals surface area contributed by atoms with Crippen molar-refractivity contribution in [3.8, 4) is 17.0 Å². The molecular formula is C23H26N6O. The number of anilines is 1. The summed E-state index contributed by atoms with van der Waals surface area (Å²) in [7, 11) is 1.87. The lowest BCUT2D eigenvalue weighted by Crippen LogP contribution is -2.54. The molecule has 2 atom stereocenters. The van der Waals surface area contributed by atoms with Crippen molar-refractivity contribution in [3.63, 3.8) is 0 Å². The third kappa shape index (κ3) is 3.15. The summed E-state index contributed by atoms with van der Waals surface area (Å²) in [6, 6.07) is 8.51. The normalized spacial score (nSPS) is 19.7. The molecule has 30 heavy (non-hydrogen) atoms. The van der Waals surface area contributed by atoms with Gasteiger partial charge in [-0.1, -0.05) is 0 Å². The number of nitrogens with zero attached hydrogens (tertiary/aromatic N) is 5. The zero-order valence-electron chi connectivity index (χ0n) is 17.7. The van der Waals surface area contributed by atoms with Crippen molar-refractivity contribution in [1.29, 1.82) is 0 Å². The Kier molecular flexibility index (Phi) is 4.36. The van der Waals surface area contributed by atoms with Gasteiger partial charge in [-0.15, -0.1) is 0 Å². The lowest BCUT2D eigenvalue weighted by Gasteiger charge is -2.38. The Morgan fingerprint density at radius 1 is 1.13 bits per heavy atom.